The first-order valence-corrected chi connectivity index (χ1v) is 10.5. The van der Waals surface area contributed by atoms with Crippen molar-refractivity contribution in [1.82, 2.24) is 20.1 Å². The van der Waals surface area contributed by atoms with E-state index >= 15 is 0 Å². The molecular weight excluding hydrogens is 424 g/mol. The van der Waals surface area contributed by atoms with Gasteiger partial charge in [-0.1, -0.05) is 41.9 Å². The number of nitrogens with zero attached hydrogens (tertiary/aromatic N) is 3. The van der Waals surface area contributed by atoms with Crippen LogP contribution in [0.4, 0.5) is 0 Å². The predicted molar refractivity (Wildman–Crippen MR) is 116 cm³/mol. The van der Waals surface area contributed by atoms with Gasteiger partial charge in [-0.25, -0.2) is 9.78 Å². The molecule has 7 nitrogen and oxygen atoms in total. The Kier molecular flexibility index (Phi) is 7.37. The van der Waals surface area contributed by atoms with Gasteiger partial charge in [-0.2, -0.15) is 5.10 Å². The van der Waals surface area contributed by atoms with Crippen molar-refractivity contribution in [3.8, 4) is 0 Å². The minimum Gasteiger partial charge on any atom is -0.456 e. The summed E-state index contributed by atoms with van der Waals surface area (Å²) < 4.78 is 6.74. The summed E-state index contributed by atoms with van der Waals surface area (Å²) in [5.41, 5.74) is 3.03. The van der Waals surface area contributed by atoms with E-state index in [1.54, 1.807) is 18.5 Å². The Morgan fingerprint density at radius 2 is 2.07 bits per heavy atom. The highest BCUT2D eigenvalue weighted by Crippen LogP contribution is 2.20. The van der Waals surface area contributed by atoms with Gasteiger partial charge in [-0.3, -0.25) is 9.48 Å². The fourth-order valence-electron chi connectivity index (χ4n) is 2.67. The predicted octanol–water partition coefficient (Wildman–Crippen LogP) is 3.45. The molecule has 9 heteroatoms. The molecule has 0 fully saturated rings. The average molecular weight is 445 g/mol. The largest absolute Gasteiger partial charge is 0.456 e. The van der Waals surface area contributed by atoms with Gasteiger partial charge in [0.2, 0.25) is 5.91 Å². The number of nitrogens with one attached hydrogen (secondary N) is 1. The van der Waals surface area contributed by atoms with E-state index in [-0.39, 0.29) is 18.9 Å². The summed E-state index contributed by atoms with van der Waals surface area (Å²) in [4.78, 5) is 28.4. The minimum absolute atomic E-state index is 0.0328. The third-order valence-electron chi connectivity index (χ3n) is 4.19. The van der Waals surface area contributed by atoms with Crippen LogP contribution in [0.25, 0.3) is 6.08 Å². The Hall–Kier alpha value is -2.97. The third-order valence-corrected chi connectivity index (χ3v) is 5.53. The summed E-state index contributed by atoms with van der Waals surface area (Å²) in [5, 5.41) is 9.94. The van der Waals surface area contributed by atoms with E-state index in [4.69, 9.17) is 16.3 Å². The molecule has 2 heterocycles. The number of carbonyl (C=O) groups excluding carboxylic acids is 2. The first kappa shape index (κ1) is 21.7. The van der Waals surface area contributed by atoms with Gasteiger partial charge in [0.05, 0.1) is 17.8 Å². The molecule has 30 heavy (non-hydrogen) atoms. The molecule has 0 bridgehead atoms. The van der Waals surface area contributed by atoms with Crippen molar-refractivity contribution in [2.45, 2.75) is 26.5 Å². The number of benzene rings is 1. The lowest BCUT2D eigenvalue weighted by molar-refractivity contribution is -0.139. The molecule has 0 radical (unpaired) electrons. The van der Waals surface area contributed by atoms with E-state index < -0.39 is 5.97 Å². The Bertz CT molecular complexity index is 1060. The van der Waals surface area contributed by atoms with Gasteiger partial charge in [-0.05, 0) is 18.6 Å². The topological polar surface area (TPSA) is 86.1 Å². The number of hydrogen-bond donors (Lipinski definition) is 1. The van der Waals surface area contributed by atoms with Crippen LogP contribution in [0.3, 0.4) is 0 Å². The SMILES string of the molecule is Cc1nn(C)c(Cl)c1/C=C/C(=O)OCc1csc(CC(=O)NCc2ccccc2)n1. The number of amides is 1. The van der Waals surface area contributed by atoms with E-state index in [2.05, 4.69) is 15.4 Å². The van der Waals surface area contributed by atoms with E-state index in [1.807, 2.05) is 37.3 Å². The lowest BCUT2D eigenvalue weighted by Gasteiger charge is -2.03. The molecule has 0 aliphatic rings. The third kappa shape index (κ3) is 6.01. The summed E-state index contributed by atoms with van der Waals surface area (Å²) in [6.45, 7) is 2.32. The van der Waals surface area contributed by atoms with Gasteiger partial charge in [0.1, 0.15) is 16.8 Å². The number of carbonyl (C=O) groups is 2. The quantitative estimate of drug-likeness (QED) is 0.424. The van der Waals surface area contributed by atoms with Gasteiger partial charge in [-0.15, -0.1) is 11.3 Å². The van der Waals surface area contributed by atoms with Crippen LogP contribution in [0.2, 0.25) is 5.15 Å². The number of ether oxygens (including phenoxy) is 1. The van der Waals surface area contributed by atoms with Gasteiger partial charge >= 0.3 is 5.97 Å². The normalized spacial score (nSPS) is 11.0. The van der Waals surface area contributed by atoms with Crippen molar-refractivity contribution >= 4 is 40.9 Å². The fourth-order valence-corrected chi connectivity index (χ4v) is 3.69. The highest BCUT2D eigenvalue weighted by molar-refractivity contribution is 7.09. The van der Waals surface area contributed by atoms with E-state index in [0.717, 1.165) is 11.3 Å². The molecule has 1 amide bonds. The van der Waals surface area contributed by atoms with Crippen molar-refractivity contribution in [1.29, 1.82) is 0 Å². The van der Waals surface area contributed by atoms with Gasteiger partial charge in [0.15, 0.2) is 0 Å². The monoisotopic (exact) mass is 444 g/mol. The highest BCUT2D eigenvalue weighted by Gasteiger charge is 2.11. The van der Waals surface area contributed by atoms with E-state index in [0.29, 0.717) is 28.0 Å². The van der Waals surface area contributed by atoms with E-state index in [9.17, 15) is 9.59 Å². The van der Waals surface area contributed by atoms with Crippen LogP contribution in [-0.4, -0.2) is 26.6 Å². The van der Waals surface area contributed by atoms with Crippen molar-refractivity contribution < 1.29 is 14.3 Å². The molecule has 3 rings (SSSR count). The van der Waals surface area contributed by atoms with Crippen LogP contribution in [-0.2, 0) is 40.9 Å². The zero-order valence-electron chi connectivity index (χ0n) is 16.6. The molecule has 3 aromatic rings. The van der Waals surface area contributed by atoms with Crippen LogP contribution >= 0.6 is 22.9 Å². The van der Waals surface area contributed by atoms with Crippen LogP contribution in [0, 0.1) is 6.92 Å². The lowest BCUT2D eigenvalue weighted by atomic mass is 10.2. The first-order chi connectivity index (χ1) is 14.4. The Morgan fingerprint density at radius 1 is 1.30 bits per heavy atom. The van der Waals surface area contributed by atoms with Crippen molar-refractivity contribution in [3.63, 3.8) is 0 Å². The summed E-state index contributed by atoms with van der Waals surface area (Å²) in [7, 11) is 1.73. The van der Waals surface area contributed by atoms with Crippen molar-refractivity contribution in [3.05, 3.63) is 74.5 Å². The number of hydrogen-bond acceptors (Lipinski definition) is 6. The van der Waals surface area contributed by atoms with Gasteiger partial charge in [0, 0.05) is 30.6 Å². The molecule has 0 aliphatic heterocycles. The highest BCUT2D eigenvalue weighted by atomic mass is 35.5. The number of halogens is 1. The average Bonchev–Trinajstić information content (AvgIpc) is 3.27. The van der Waals surface area contributed by atoms with Crippen LogP contribution in [0.1, 0.15) is 27.5 Å². The Labute approximate surface area is 183 Å². The Balaban J connectivity index is 1.45. The number of rotatable bonds is 8. The second-order valence-electron chi connectivity index (χ2n) is 6.53. The molecule has 1 N–H and O–H groups in total. The first-order valence-electron chi connectivity index (χ1n) is 9.20. The van der Waals surface area contributed by atoms with Crippen LogP contribution < -0.4 is 5.32 Å². The second kappa shape index (κ2) is 10.2. The fraction of sp³-hybridized carbons (Fsp3) is 0.238. The number of aromatic nitrogens is 3. The summed E-state index contributed by atoms with van der Waals surface area (Å²) in [6.07, 6.45) is 3.07. The van der Waals surface area contributed by atoms with Gasteiger partial charge < -0.3 is 10.1 Å². The summed E-state index contributed by atoms with van der Waals surface area (Å²) in [5.74, 6) is -0.618. The maximum absolute atomic E-state index is 12.1. The van der Waals surface area contributed by atoms with Crippen molar-refractivity contribution in [2.24, 2.45) is 7.05 Å². The molecule has 0 unspecified atom stereocenters. The number of aryl methyl sites for hydroxylation is 2. The van der Waals surface area contributed by atoms with Crippen LogP contribution in [0.15, 0.2) is 41.8 Å². The smallest absolute Gasteiger partial charge is 0.331 e. The van der Waals surface area contributed by atoms with E-state index in [1.165, 1.54) is 22.1 Å². The Morgan fingerprint density at radius 3 is 2.77 bits per heavy atom. The second-order valence-corrected chi connectivity index (χ2v) is 7.83. The maximum Gasteiger partial charge on any atom is 0.331 e. The number of thiazole rings is 1. The summed E-state index contributed by atoms with van der Waals surface area (Å²) in [6, 6.07) is 9.69. The molecule has 0 saturated heterocycles. The van der Waals surface area contributed by atoms with Gasteiger partial charge in [0.25, 0.3) is 0 Å². The van der Waals surface area contributed by atoms with Crippen molar-refractivity contribution in [2.75, 3.05) is 0 Å². The zero-order chi connectivity index (χ0) is 21.5. The minimum atomic E-state index is -0.510. The number of esters is 1. The summed E-state index contributed by atoms with van der Waals surface area (Å²) >= 11 is 7.49. The maximum atomic E-state index is 12.1. The molecule has 0 aliphatic carbocycles. The molecule has 0 spiro atoms. The molecule has 0 saturated carbocycles. The molecule has 2 aromatic heterocycles. The molecular formula is C21H21ClN4O3S. The standard InChI is InChI=1S/C21H21ClN4O3S/c1-14-17(21(22)26(2)25-14)8-9-20(28)29-12-16-13-30-19(24-16)10-18(27)23-11-15-6-4-3-5-7-15/h3-9,13H,10-12H2,1-2H3,(H,23,27)/b9-8+. The van der Waals surface area contributed by atoms with Crippen LogP contribution in [0.5, 0.6) is 0 Å². The lowest BCUT2D eigenvalue weighted by Crippen LogP contribution is -2.24. The zero-order valence-corrected chi connectivity index (χ0v) is 18.2. The molecule has 1 aromatic carbocycles. The molecule has 156 valence electrons. The molecule has 0 atom stereocenters.